The molecule has 2 saturated heterocycles. The summed E-state index contributed by atoms with van der Waals surface area (Å²) in [6, 6.07) is 32.0. The van der Waals surface area contributed by atoms with Crippen molar-refractivity contribution >= 4 is 68.4 Å². The number of carbonyl (C=O) groups is 6. The van der Waals surface area contributed by atoms with Crippen molar-refractivity contribution in [2.24, 2.45) is 5.92 Å². The van der Waals surface area contributed by atoms with Gasteiger partial charge in [0.25, 0.3) is 11.8 Å². The Hall–Kier alpha value is -7.74. The second-order valence-electron chi connectivity index (χ2n) is 19.7. The Morgan fingerprint density at radius 1 is 0.671 bits per heavy atom. The van der Waals surface area contributed by atoms with E-state index in [0.29, 0.717) is 69.9 Å². The molecule has 3 N–H and O–H groups in total. The molecule has 2 fully saturated rings. The SMILES string of the molecule is CN(C)C(=O)c1cc2ccc(C3=CCCN(C(=O)[C@@H]4CC(=O)N(Cc5cccc(-c6ccc(C7(C(=O)N8CCC=C(c9ccc%10cc(C(=O)N(C)C)[nH]c%10c9)C8)CCC(=O)NC7)cc6)c5)C4)C3)cc2[nH]1. The van der Waals surface area contributed by atoms with Crippen molar-refractivity contribution in [1.29, 1.82) is 0 Å². The minimum atomic E-state index is -0.937. The standard InChI is InChI=1S/C56H58N8O6/c1-60(2)53(68)48-27-40-14-12-38(25-46(40)58-48)42-10-6-22-62(31-42)52(67)44-29-51(66)64(33-44)30-35-8-5-9-37(24-35)36-16-18-45(19-17-36)56(21-20-50(65)57-34-56)55(70)63-23-7-11-43(32-63)39-13-15-41-28-49(54(69)61(3)4)59-47(41)26-39/h5,8-19,24-28,44,58-59H,6-7,20-23,29-34H2,1-4H3,(H,57,65)/t44-,56?/m1/s1. The average molecular weight is 939 g/mol. The average Bonchev–Trinajstić information content (AvgIpc) is 4.12. The Labute approximate surface area is 407 Å². The Morgan fingerprint density at radius 2 is 1.26 bits per heavy atom. The fourth-order valence-corrected chi connectivity index (χ4v) is 10.6. The molecule has 10 rings (SSSR count). The van der Waals surface area contributed by atoms with Crippen LogP contribution in [0.25, 0.3) is 44.1 Å². The van der Waals surface area contributed by atoms with Crippen LogP contribution < -0.4 is 5.32 Å². The number of H-pyrrole nitrogens is 2. The van der Waals surface area contributed by atoms with Crippen molar-refractivity contribution in [3.63, 3.8) is 0 Å². The van der Waals surface area contributed by atoms with Gasteiger partial charge in [0, 0.05) is 109 Å². The van der Waals surface area contributed by atoms with E-state index in [1.165, 1.54) is 0 Å². The number of hydrogen-bond acceptors (Lipinski definition) is 6. The molecule has 0 radical (unpaired) electrons. The van der Waals surface area contributed by atoms with Crippen LogP contribution in [-0.4, -0.2) is 137 Å². The fourth-order valence-electron chi connectivity index (χ4n) is 10.6. The molecule has 6 aromatic rings. The van der Waals surface area contributed by atoms with Crippen LogP contribution in [0.2, 0.25) is 0 Å². The summed E-state index contributed by atoms with van der Waals surface area (Å²) in [6.07, 6.45) is 6.58. The maximum absolute atomic E-state index is 14.8. The lowest BCUT2D eigenvalue weighted by Crippen LogP contribution is -2.56. The van der Waals surface area contributed by atoms with Gasteiger partial charge in [0.05, 0.1) is 11.3 Å². The van der Waals surface area contributed by atoms with E-state index in [2.05, 4.69) is 33.5 Å². The Bertz CT molecular complexity index is 3150. The number of nitrogens with zero attached hydrogens (tertiary/aromatic N) is 5. The summed E-state index contributed by atoms with van der Waals surface area (Å²) < 4.78 is 0. The van der Waals surface area contributed by atoms with Gasteiger partial charge in [-0.3, -0.25) is 28.8 Å². The Morgan fingerprint density at radius 3 is 1.84 bits per heavy atom. The summed E-state index contributed by atoms with van der Waals surface area (Å²) in [7, 11) is 6.90. The van der Waals surface area contributed by atoms with Gasteiger partial charge in [-0.2, -0.15) is 0 Å². The zero-order chi connectivity index (χ0) is 48.8. The van der Waals surface area contributed by atoms with Crippen LogP contribution in [0.15, 0.2) is 109 Å². The third-order valence-corrected chi connectivity index (χ3v) is 14.6. The largest absolute Gasteiger partial charge is 0.355 e. The monoisotopic (exact) mass is 938 g/mol. The minimum absolute atomic E-state index is 0.00978. The van der Waals surface area contributed by atoms with Crippen molar-refractivity contribution < 1.29 is 28.8 Å². The molecule has 4 aromatic carbocycles. The van der Waals surface area contributed by atoms with Gasteiger partial charge in [0.15, 0.2) is 0 Å². The highest BCUT2D eigenvalue weighted by molar-refractivity contribution is 6.00. The molecule has 358 valence electrons. The molecule has 1 unspecified atom stereocenters. The Balaban J connectivity index is 0.793. The van der Waals surface area contributed by atoms with Gasteiger partial charge in [-0.1, -0.05) is 78.9 Å². The molecule has 6 heterocycles. The molecule has 4 aliphatic rings. The maximum Gasteiger partial charge on any atom is 0.269 e. The first kappa shape index (κ1) is 46.0. The predicted molar refractivity (Wildman–Crippen MR) is 270 cm³/mol. The smallest absolute Gasteiger partial charge is 0.269 e. The normalized spacial score (nSPS) is 19.5. The number of aromatic amines is 2. The molecule has 14 nitrogen and oxygen atoms in total. The first-order valence-electron chi connectivity index (χ1n) is 24.1. The highest BCUT2D eigenvalue weighted by Crippen LogP contribution is 2.38. The van der Waals surface area contributed by atoms with Crippen molar-refractivity contribution in [2.75, 3.05) is 67.5 Å². The van der Waals surface area contributed by atoms with E-state index in [0.717, 1.165) is 66.3 Å². The molecular formula is C56H58N8O6. The van der Waals surface area contributed by atoms with E-state index in [1.54, 1.807) is 42.9 Å². The van der Waals surface area contributed by atoms with Crippen LogP contribution in [0.1, 0.15) is 75.3 Å². The van der Waals surface area contributed by atoms with E-state index in [4.69, 9.17) is 0 Å². The lowest BCUT2D eigenvalue weighted by Gasteiger charge is -2.41. The zero-order valence-electron chi connectivity index (χ0n) is 40.1. The van der Waals surface area contributed by atoms with E-state index >= 15 is 0 Å². The van der Waals surface area contributed by atoms with E-state index in [-0.39, 0.29) is 54.8 Å². The van der Waals surface area contributed by atoms with E-state index in [9.17, 15) is 28.8 Å². The van der Waals surface area contributed by atoms with Gasteiger partial charge in [-0.05, 0) is 94.1 Å². The summed E-state index contributed by atoms with van der Waals surface area (Å²) in [5.41, 5.74) is 9.62. The van der Waals surface area contributed by atoms with Crippen LogP contribution in [0.5, 0.6) is 0 Å². The Kier molecular flexibility index (Phi) is 12.2. The summed E-state index contributed by atoms with van der Waals surface area (Å²) in [4.78, 5) is 95.2. The molecule has 0 saturated carbocycles. The van der Waals surface area contributed by atoms with Gasteiger partial charge in [0.1, 0.15) is 11.4 Å². The molecule has 2 atom stereocenters. The zero-order valence-corrected chi connectivity index (χ0v) is 40.1. The minimum Gasteiger partial charge on any atom is -0.355 e. The number of aromatic nitrogens is 2. The predicted octanol–water partition coefficient (Wildman–Crippen LogP) is 6.85. The summed E-state index contributed by atoms with van der Waals surface area (Å²) in [5.74, 6) is -0.749. The molecule has 0 spiro atoms. The molecular weight excluding hydrogens is 881 g/mol. The second-order valence-corrected chi connectivity index (χ2v) is 19.7. The number of rotatable bonds is 10. The van der Waals surface area contributed by atoms with Crippen LogP contribution in [0.3, 0.4) is 0 Å². The van der Waals surface area contributed by atoms with Crippen LogP contribution in [0.4, 0.5) is 0 Å². The number of amides is 6. The molecule has 6 amide bonds. The first-order chi connectivity index (χ1) is 33.7. The fraction of sp³-hybridized carbons (Fsp3) is 0.321. The van der Waals surface area contributed by atoms with Crippen molar-refractivity contribution in [3.05, 3.63) is 143 Å². The number of nitrogens with one attached hydrogen (secondary N) is 3. The molecule has 2 aromatic heterocycles. The second kappa shape index (κ2) is 18.6. The molecule has 70 heavy (non-hydrogen) atoms. The van der Waals surface area contributed by atoms with Gasteiger partial charge < -0.3 is 39.8 Å². The molecule has 14 heteroatoms. The summed E-state index contributed by atoms with van der Waals surface area (Å²) in [5, 5.41) is 4.89. The van der Waals surface area contributed by atoms with Crippen LogP contribution in [-0.2, 0) is 31.1 Å². The number of piperidine rings is 1. The number of benzene rings is 4. The van der Waals surface area contributed by atoms with Crippen LogP contribution >= 0.6 is 0 Å². The number of likely N-dealkylation sites (tertiary alicyclic amines) is 1. The van der Waals surface area contributed by atoms with Gasteiger partial charge in [-0.25, -0.2) is 0 Å². The number of fused-ring (bicyclic) bond motifs is 2. The maximum atomic E-state index is 14.8. The van der Waals surface area contributed by atoms with Crippen LogP contribution in [0, 0.1) is 5.92 Å². The topological polar surface area (TPSA) is 162 Å². The lowest BCUT2D eigenvalue weighted by molar-refractivity contribution is -0.139. The highest BCUT2D eigenvalue weighted by atomic mass is 16.2. The highest BCUT2D eigenvalue weighted by Gasteiger charge is 2.46. The van der Waals surface area contributed by atoms with E-state index < -0.39 is 11.3 Å². The van der Waals surface area contributed by atoms with Gasteiger partial charge in [0.2, 0.25) is 23.6 Å². The molecule has 0 aliphatic carbocycles. The first-order valence-corrected chi connectivity index (χ1v) is 24.1. The third-order valence-electron chi connectivity index (χ3n) is 14.6. The lowest BCUT2D eigenvalue weighted by atomic mass is 9.72. The van der Waals surface area contributed by atoms with Crippen molar-refractivity contribution in [1.82, 2.24) is 39.8 Å². The summed E-state index contributed by atoms with van der Waals surface area (Å²) >= 11 is 0. The molecule has 4 aliphatic heterocycles. The third kappa shape index (κ3) is 8.89. The molecule has 0 bridgehead atoms. The van der Waals surface area contributed by atoms with Gasteiger partial charge in [-0.15, -0.1) is 0 Å². The number of carbonyl (C=O) groups excluding carboxylic acids is 6. The van der Waals surface area contributed by atoms with Crippen molar-refractivity contribution in [2.45, 2.75) is 44.1 Å². The number of hydrogen-bond donors (Lipinski definition) is 3. The van der Waals surface area contributed by atoms with Crippen molar-refractivity contribution in [3.8, 4) is 11.1 Å². The van der Waals surface area contributed by atoms with Gasteiger partial charge >= 0.3 is 0 Å². The quantitative estimate of drug-likeness (QED) is 0.136. The summed E-state index contributed by atoms with van der Waals surface area (Å²) in [6.45, 7) is 2.99. The van der Waals surface area contributed by atoms with E-state index in [1.807, 2.05) is 101 Å².